The van der Waals surface area contributed by atoms with Crippen LogP contribution in [0, 0.1) is 11.6 Å². The van der Waals surface area contributed by atoms with E-state index in [9.17, 15) is 13.6 Å². The Morgan fingerprint density at radius 1 is 1.13 bits per heavy atom. The van der Waals surface area contributed by atoms with Crippen LogP contribution < -0.4 is 15.4 Å². The van der Waals surface area contributed by atoms with Gasteiger partial charge in [0.25, 0.3) is 0 Å². The van der Waals surface area contributed by atoms with E-state index in [1.54, 1.807) is 19.1 Å². The van der Waals surface area contributed by atoms with E-state index < -0.39 is 11.9 Å². The van der Waals surface area contributed by atoms with Crippen LogP contribution in [-0.4, -0.2) is 19.1 Å². The third kappa shape index (κ3) is 4.67. The van der Waals surface area contributed by atoms with E-state index in [2.05, 4.69) is 10.6 Å². The summed E-state index contributed by atoms with van der Waals surface area (Å²) in [5, 5.41) is 5.72. The van der Waals surface area contributed by atoms with Crippen LogP contribution in [0.1, 0.15) is 12.5 Å². The molecule has 2 rings (SSSR count). The molecule has 122 valence electrons. The fourth-order valence-electron chi connectivity index (χ4n) is 2.03. The quantitative estimate of drug-likeness (QED) is 0.860. The molecule has 0 radical (unpaired) electrons. The number of nitrogens with one attached hydrogen (secondary N) is 2. The first kappa shape index (κ1) is 16.7. The van der Waals surface area contributed by atoms with Crippen molar-refractivity contribution in [3.8, 4) is 5.75 Å². The van der Waals surface area contributed by atoms with Gasteiger partial charge >= 0.3 is 0 Å². The van der Waals surface area contributed by atoms with Gasteiger partial charge < -0.3 is 15.4 Å². The second-order valence-electron chi connectivity index (χ2n) is 5.05. The average molecular weight is 320 g/mol. The number of methoxy groups -OCH3 is 1. The Kier molecular flexibility index (Phi) is 5.51. The summed E-state index contributed by atoms with van der Waals surface area (Å²) in [6.07, 6.45) is 0. The summed E-state index contributed by atoms with van der Waals surface area (Å²) >= 11 is 0. The smallest absolute Gasteiger partial charge is 0.242 e. The Labute approximate surface area is 133 Å². The molecule has 0 spiro atoms. The van der Waals surface area contributed by atoms with Gasteiger partial charge in [0.15, 0.2) is 0 Å². The molecule has 0 aromatic heterocycles. The monoisotopic (exact) mass is 320 g/mol. The first-order valence-electron chi connectivity index (χ1n) is 7.12. The van der Waals surface area contributed by atoms with E-state index in [0.717, 1.165) is 5.56 Å². The second-order valence-corrected chi connectivity index (χ2v) is 5.05. The van der Waals surface area contributed by atoms with Crippen LogP contribution in [0.25, 0.3) is 0 Å². The SMILES string of the molecule is COc1cc(F)ccc1NC(C)C(=O)NCc1ccc(F)cc1. The molecule has 1 atom stereocenters. The topological polar surface area (TPSA) is 50.4 Å². The molecule has 0 aliphatic rings. The molecule has 0 aliphatic heterocycles. The highest BCUT2D eigenvalue weighted by Crippen LogP contribution is 2.25. The van der Waals surface area contributed by atoms with Crippen LogP contribution in [0.2, 0.25) is 0 Å². The molecule has 0 fully saturated rings. The minimum atomic E-state index is -0.546. The molecule has 0 bridgehead atoms. The van der Waals surface area contributed by atoms with E-state index in [4.69, 9.17) is 4.74 Å². The summed E-state index contributed by atoms with van der Waals surface area (Å²) in [7, 11) is 1.43. The minimum absolute atomic E-state index is 0.235. The number of benzene rings is 2. The zero-order valence-corrected chi connectivity index (χ0v) is 12.9. The molecule has 0 heterocycles. The maximum atomic E-state index is 13.2. The van der Waals surface area contributed by atoms with E-state index >= 15 is 0 Å². The zero-order chi connectivity index (χ0) is 16.8. The molecule has 2 aromatic rings. The fraction of sp³-hybridized carbons (Fsp3) is 0.235. The number of ether oxygens (including phenoxy) is 1. The number of amides is 1. The zero-order valence-electron chi connectivity index (χ0n) is 12.9. The van der Waals surface area contributed by atoms with Gasteiger partial charge in [-0.25, -0.2) is 8.78 Å². The number of hydrogen-bond acceptors (Lipinski definition) is 3. The largest absolute Gasteiger partial charge is 0.494 e. The lowest BCUT2D eigenvalue weighted by Crippen LogP contribution is -2.37. The van der Waals surface area contributed by atoms with E-state index in [-0.39, 0.29) is 11.7 Å². The Balaban J connectivity index is 1.93. The lowest BCUT2D eigenvalue weighted by atomic mass is 10.2. The molecule has 4 nitrogen and oxygen atoms in total. The summed E-state index contributed by atoms with van der Waals surface area (Å²) in [4.78, 5) is 12.1. The summed E-state index contributed by atoms with van der Waals surface area (Å²) < 4.78 is 31.1. The summed E-state index contributed by atoms with van der Waals surface area (Å²) in [6, 6.07) is 9.39. The maximum Gasteiger partial charge on any atom is 0.242 e. The number of hydrogen-bond donors (Lipinski definition) is 2. The highest BCUT2D eigenvalue weighted by atomic mass is 19.1. The first-order chi connectivity index (χ1) is 11.0. The van der Waals surface area contributed by atoms with Crippen molar-refractivity contribution in [2.24, 2.45) is 0 Å². The predicted molar refractivity (Wildman–Crippen MR) is 84.3 cm³/mol. The van der Waals surface area contributed by atoms with Gasteiger partial charge in [0, 0.05) is 12.6 Å². The summed E-state index contributed by atoms with van der Waals surface area (Å²) in [5.41, 5.74) is 1.32. The number of carbonyl (C=O) groups excluding carboxylic acids is 1. The van der Waals surface area contributed by atoms with Gasteiger partial charge in [-0.15, -0.1) is 0 Å². The van der Waals surface area contributed by atoms with E-state index in [1.807, 2.05) is 0 Å². The molecule has 6 heteroatoms. The third-order valence-electron chi connectivity index (χ3n) is 3.31. The highest BCUT2D eigenvalue weighted by molar-refractivity contribution is 5.84. The van der Waals surface area contributed by atoms with Crippen molar-refractivity contribution >= 4 is 11.6 Å². The van der Waals surface area contributed by atoms with Gasteiger partial charge in [0.1, 0.15) is 23.4 Å². The van der Waals surface area contributed by atoms with Gasteiger partial charge in [0.05, 0.1) is 12.8 Å². The maximum absolute atomic E-state index is 13.2. The molecule has 23 heavy (non-hydrogen) atoms. The molecule has 2 N–H and O–H groups in total. The Hall–Kier alpha value is -2.63. The number of anilines is 1. The van der Waals surface area contributed by atoms with Gasteiger partial charge in [0.2, 0.25) is 5.91 Å². The molecule has 0 saturated heterocycles. The standard InChI is InChI=1S/C17H18F2N2O2/c1-11(21-15-8-7-14(19)9-16(15)23-2)17(22)20-10-12-3-5-13(18)6-4-12/h3-9,11,21H,10H2,1-2H3,(H,20,22). The van der Waals surface area contributed by atoms with Crippen molar-refractivity contribution in [1.82, 2.24) is 5.32 Å². The normalized spacial score (nSPS) is 11.7. The Morgan fingerprint density at radius 2 is 1.78 bits per heavy atom. The molecule has 0 saturated carbocycles. The molecular formula is C17H18F2N2O2. The van der Waals surface area contributed by atoms with Crippen LogP contribution in [0.5, 0.6) is 5.75 Å². The third-order valence-corrected chi connectivity index (χ3v) is 3.31. The van der Waals surface area contributed by atoms with E-state index in [0.29, 0.717) is 18.0 Å². The van der Waals surface area contributed by atoms with Crippen molar-refractivity contribution in [2.75, 3.05) is 12.4 Å². The van der Waals surface area contributed by atoms with Gasteiger partial charge in [-0.05, 0) is 36.8 Å². The lowest BCUT2D eigenvalue weighted by molar-refractivity contribution is -0.121. The van der Waals surface area contributed by atoms with Gasteiger partial charge in [-0.1, -0.05) is 12.1 Å². The average Bonchev–Trinajstić information content (AvgIpc) is 2.55. The van der Waals surface area contributed by atoms with Crippen LogP contribution in [0.15, 0.2) is 42.5 Å². The van der Waals surface area contributed by atoms with Crippen molar-refractivity contribution < 1.29 is 18.3 Å². The van der Waals surface area contributed by atoms with Gasteiger partial charge in [-0.3, -0.25) is 4.79 Å². The van der Waals surface area contributed by atoms with Crippen molar-refractivity contribution in [1.29, 1.82) is 0 Å². The number of halogens is 2. The van der Waals surface area contributed by atoms with Crippen LogP contribution in [0.3, 0.4) is 0 Å². The molecule has 2 aromatic carbocycles. The van der Waals surface area contributed by atoms with Crippen LogP contribution >= 0.6 is 0 Å². The molecule has 1 unspecified atom stereocenters. The fourth-order valence-corrected chi connectivity index (χ4v) is 2.03. The van der Waals surface area contributed by atoms with Crippen molar-refractivity contribution in [3.05, 3.63) is 59.7 Å². The minimum Gasteiger partial charge on any atom is -0.494 e. The highest BCUT2D eigenvalue weighted by Gasteiger charge is 2.14. The number of rotatable bonds is 6. The second kappa shape index (κ2) is 7.58. The van der Waals surface area contributed by atoms with Crippen molar-refractivity contribution in [2.45, 2.75) is 19.5 Å². The number of carbonyl (C=O) groups is 1. The predicted octanol–water partition coefficient (Wildman–Crippen LogP) is 3.09. The van der Waals surface area contributed by atoms with Crippen molar-refractivity contribution in [3.63, 3.8) is 0 Å². The molecular weight excluding hydrogens is 302 g/mol. The lowest BCUT2D eigenvalue weighted by Gasteiger charge is -2.17. The Bertz CT molecular complexity index is 675. The van der Waals surface area contributed by atoms with Crippen LogP contribution in [-0.2, 0) is 11.3 Å². The molecule has 0 aliphatic carbocycles. The Morgan fingerprint density at radius 3 is 2.43 bits per heavy atom. The van der Waals surface area contributed by atoms with Gasteiger partial charge in [-0.2, -0.15) is 0 Å². The summed E-state index contributed by atoms with van der Waals surface area (Å²) in [5.74, 6) is -0.650. The van der Waals surface area contributed by atoms with E-state index in [1.165, 1.54) is 37.4 Å². The summed E-state index contributed by atoms with van der Waals surface area (Å²) in [6.45, 7) is 1.98. The first-order valence-corrected chi connectivity index (χ1v) is 7.12. The molecule has 1 amide bonds. The van der Waals surface area contributed by atoms with Crippen LogP contribution in [0.4, 0.5) is 14.5 Å².